The lowest BCUT2D eigenvalue weighted by Crippen LogP contribution is -2.05. The maximum absolute atomic E-state index is 11.9. The van der Waals surface area contributed by atoms with Crippen molar-refractivity contribution in [2.45, 2.75) is 0 Å². The number of aldehydes is 1. The molecule has 0 spiro atoms. The Kier molecular flexibility index (Phi) is 5.52. The van der Waals surface area contributed by atoms with Gasteiger partial charge in [0.1, 0.15) is 12.0 Å². The molecule has 0 unspecified atom stereocenters. The molecule has 2 rings (SSSR count). The Morgan fingerprint density at radius 1 is 0.913 bits per heavy atom. The number of hydrogen-bond acceptors (Lipinski definition) is 5. The fraction of sp³-hybridized carbons (Fsp3) is 0.111. The van der Waals surface area contributed by atoms with Crippen LogP contribution in [0.1, 0.15) is 15.9 Å². The number of ether oxygens (including phenoxy) is 3. The quantitative estimate of drug-likeness (QED) is 0.355. The average molecular weight is 312 g/mol. The van der Waals surface area contributed by atoms with E-state index in [0.29, 0.717) is 17.6 Å². The summed E-state index contributed by atoms with van der Waals surface area (Å²) in [7, 11) is 3.03. The van der Waals surface area contributed by atoms with Crippen molar-refractivity contribution in [3.8, 4) is 17.2 Å². The van der Waals surface area contributed by atoms with Crippen LogP contribution in [0.3, 0.4) is 0 Å². The third-order valence-corrected chi connectivity index (χ3v) is 3.06. The molecular formula is C18H16O5. The standard InChI is InChI=1S/C18H16O5/c1-21-15-7-3-13(4-8-15)6-10-18(20)23-16-9-5-14(12-19)11-17(16)22-2/h3-12H,1-2H3/b10-6-. The molecule has 0 aliphatic heterocycles. The highest BCUT2D eigenvalue weighted by Gasteiger charge is 2.08. The maximum Gasteiger partial charge on any atom is 0.336 e. The summed E-state index contributed by atoms with van der Waals surface area (Å²) in [5, 5.41) is 0. The normalized spacial score (nSPS) is 10.3. The number of carbonyl (C=O) groups excluding carboxylic acids is 2. The van der Waals surface area contributed by atoms with Crippen LogP contribution in [0.5, 0.6) is 17.2 Å². The van der Waals surface area contributed by atoms with Crippen molar-refractivity contribution < 1.29 is 23.8 Å². The van der Waals surface area contributed by atoms with Gasteiger partial charge in [-0.25, -0.2) is 4.79 Å². The van der Waals surface area contributed by atoms with Crippen LogP contribution in [-0.4, -0.2) is 26.5 Å². The predicted molar refractivity (Wildman–Crippen MR) is 86.0 cm³/mol. The number of methoxy groups -OCH3 is 2. The molecule has 0 fully saturated rings. The van der Waals surface area contributed by atoms with E-state index in [1.165, 1.54) is 25.3 Å². The Hall–Kier alpha value is -3.08. The highest BCUT2D eigenvalue weighted by atomic mass is 16.6. The lowest BCUT2D eigenvalue weighted by Gasteiger charge is -2.08. The van der Waals surface area contributed by atoms with Gasteiger partial charge in [0.05, 0.1) is 14.2 Å². The van der Waals surface area contributed by atoms with E-state index in [4.69, 9.17) is 14.2 Å². The Bertz CT molecular complexity index is 717. The zero-order valence-corrected chi connectivity index (χ0v) is 12.8. The summed E-state index contributed by atoms with van der Waals surface area (Å²) in [6, 6.07) is 11.8. The molecule has 0 saturated carbocycles. The van der Waals surface area contributed by atoms with Crippen LogP contribution in [0.4, 0.5) is 0 Å². The largest absolute Gasteiger partial charge is 0.497 e. The predicted octanol–water partition coefficient (Wildman–Crippen LogP) is 3.14. The summed E-state index contributed by atoms with van der Waals surface area (Å²) in [6.07, 6.45) is 3.64. The van der Waals surface area contributed by atoms with Gasteiger partial charge in [-0.3, -0.25) is 4.79 Å². The average Bonchev–Trinajstić information content (AvgIpc) is 2.60. The van der Waals surface area contributed by atoms with Crippen molar-refractivity contribution in [2.75, 3.05) is 14.2 Å². The molecule has 5 heteroatoms. The number of rotatable bonds is 6. The summed E-state index contributed by atoms with van der Waals surface area (Å²) in [4.78, 5) is 22.6. The van der Waals surface area contributed by atoms with Gasteiger partial charge in [-0.2, -0.15) is 0 Å². The molecule has 0 aromatic heterocycles. The van der Waals surface area contributed by atoms with Crippen LogP contribution < -0.4 is 14.2 Å². The lowest BCUT2D eigenvalue weighted by atomic mass is 10.2. The molecule has 0 atom stereocenters. The van der Waals surface area contributed by atoms with E-state index < -0.39 is 5.97 Å². The Labute approximate surface area is 134 Å². The molecule has 0 amide bonds. The minimum absolute atomic E-state index is 0.252. The number of carbonyl (C=O) groups is 2. The van der Waals surface area contributed by atoms with E-state index in [2.05, 4.69) is 0 Å². The van der Waals surface area contributed by atoms with Gasteiger partial charge >= 0.3 is 5.97 Å². The van der Waals surface area contributed by atoms with Crippen LogP contribution in [0, 0.1) is 0 Å². The molecule has 118 valence electrons. The zero-order chi connectivity index (χ0) is 16.7. The van der Waals surface area contributed by atoms with Crippen molar-refractivity contribution in [1.29, 1.82) is 0 Å². The van der Waals surface area contributed by atoms with Crippen LogP contribution in [0.2, 0.25) is 0 Å². The van der Waals surface area contributed by atoms with E-state index in [1.807, 2.05) is 12.1 Å². The molecule has 0 radical (unpaired) electrons. The van der Waals surface area contributed by atoms with Crippen LogP contribution in [0.25, 0.3) is 6.08 Å². The Balaban J connectivity index is 2.06. The van der Waals surface area contributed by atoms with E-state index >= 15 is 0 Å². The van der Waals surface area contributed by atoms with E-state index in [9.17, 15) is 9.59 Å². The summed E-state index contributed by atoms with van der Waals surface area (Å²) < 4.78 is 15.4. The molecule has 0 aliphatic rings. The summed E-state index contributed by atoms with van der Waals surface area (Å²) in [6.45, 7) is 0. The second-order valence-electron chi connectivity index (χ2n) is 4.56. The van der Waals surface area contributed by atoms with Gasteiger partial charge in [0.2, 0.25) is 0 Å². The minimum atomic E-state index is -0.544. The molecule has 0 heterocycles. The lowest BCUT2D eigenvalue weighted by molar-refractivity contribution is -0.129. The monoisotopic (exact) mass is 312 g/mol. The van der Waals surface area contributed by atoms with Gasteiger partial charge in [0.15, 0.2) is 11.5 Å². The highest BCUT2D eigenvalue weighted by Crippen LogP contribution is 2.27. The van der Waals surface area contributed by atoms with E-state index in [1.54, 1.807) is 31.4 Å². The van der Waals surface area contributed by atoms with Crippen molar-refractivity contribution in [3.63, 3.8) is 0 Å². The van der Waals surface area contributed by atoms with Gasteiger partial charge < -0.3 is 14.2 Å². The van der Waals surface area contributed by atoms with Crippen LogP contribution in [0.15, 0.2) is 48.5 Å². The SMILES string of the molecule is COc1ccc(/C=C\C(=O)Oc2ccc(C=O)cc2OC)cc1. The number of benzene rings is 2. The molecule has 23 heavy (non-hydrogen) atoms. The fourth-order valence-electron chi connectivity index (χ4n) is 1.86. The van der Waals surface area contributed by atoms with E-state index in [-0.39, 0.29) is 5.75 Å². The first-order valence-corrected chi connectivity index (χ1v) is 6.83. The van der Waals surface area contributed by atoms with Gasteiger partial charge in [-0.05, 0) is 42.0 Å². The van der Waals surface area contributed by atoms with Crippen molar-refractivity contribution >= 4 is 18.3 Å². The van der Waals surface area contributed by atoms with Gasteiger partial charge in [0.25, 0.3) is 0 Å². The third-order valence-electron chi connectivity index (χ3n) is 3.06. The van der Waals surface area contributed by atoms with Gasteiger partial charge in [-0.15, -0.1) is 0 Å². The third kappa shape index (κ3) is 4.44. The summed E-state index contributed by atoms with van der Waals surface area (Å²) in [5.41, 5.74) is 1.28. The summed E-state index contributed by atoms with van der Waals surface area (Å²) >= 11 is 0. The number of esters is 1. The molecule has 0 aliphatic carbocycles. The van der Waals surface area contributed by atoms with Crippen LogP contribution in [-0.2, 0) is 4.79 Å². The smallest absolute Gasteiger partial charge is 0.336 e. The van der Waals surface area contributed by atoms with Gasteiger partial charge in [-0.1, -0.05) is 12.1 Å². The Morgan fingerprint density at radius 2 is 1.61 bits per heavy atom. The van der Waals surface area contributed by atoms with Gasteiger partial charge in [0, 0.05) is 11.6 Å². The first-order chi connectivity index (χ1) is 11.2. The first-order valence-electron chi connectivity index (χ1n) is 6.83. The first kappa shape index (κ1) is 16.3. The highest BCUT2D eigenvalue weighted by molar-refractivity contribution is 5.89. The molecule has 2 aromatic rings. The minimum Gasteiger partial charge on any atom is -0.497 e. The molecule has 0 bridgehead atoms. The van der Waals surface area contributed by atoms with Crippen LogP contribution >= 0.6 is 0 Å². The topological polar surface area (TPSA) is 61.8 Å². The molecular weight excluding hydrogens is 296 g/mol. The van der Waals surface area contributed by atoms with E-state index in [0.717, 1.165) is 11.3 Å². The second-order valence-corrected chi connectivity index (χ2v) is 4.56. The Morgan fingerprint density at radius 3 is 2.22 bits per heavy atom. The zero-order valence-electron chi connectivity index (χ0n) is 12.8. The van der Waals surface area contributed by atoms with Crippen molar-refractivity contribution in [2.24, 2.45) is 0 Å². The molecule has 0 N–H and O–H groups in total. The molecule has 2 aromatic carbocycles. The molecule has 5 nitrogen and oxygen atoms in total. The summed E-state index contributed by atoms with van der Waals surface area (Å²) in [5.74, 6) is 0.769. The fourth-order valence-corrected chi connectivity index (χ4v) is 1.86. The van der Waals surface area contributed by atoms with Crippen molar-refractivity contribution in [1.82, 2.24) is 0 Å². The number of hydrogen-bond donors (Lipinski definition) is 0. The maximum atomic E-state index is 11.9. The molecule has 0 saturated heterocycles. The second kappa shape index (κ2) is 7.79. The van der Waals surface area contributed by atoms with Crippen molar-refractivity contribution in [3.05, 3.63) is 59.7 Å².